The molecule has 1 aliphatic heterocycles. The summed E-state index contributed by atoms with van der Waals surface area (Å²) in [5.41, 5.74) is 1.05. The first-order valence-corrected chi connectivity index (χ1v) is 7.99. The van der Waals surface area contributed by atoms with E-state index in [1.54, 1.807) is 0 Å². The molecule has 1 aliphatic rings. The summed E-state index contributed by atoms with van der Waals surface area (Å²) in [6.45, 7) is 8.12. The quantitative estimate of drug-likeness (QED) is 0.835. The van der Waals surface area contributed by atoms with Crippen LogP contribution in [0.2, 0.25) is 0 Å². The predicted octanol–water partition coefficient (Wildman–Crippen LogP) is 1.81. The van der Waals surface area contributed by atoms with E-state index in [9.17, 15) is 4.79 Å². The molecule has 0 bridgehead atoms. The Hall–Kier alpha value is -1.59. The van der Waals surface area contributed by atoms with Gasteiger partial charge in [-0.2, -0.15) is 0 Å². The number of carbonyl (C=O) groups is 1. The van der Waals surface area contributed by atoms with Crippen LogP contribution < -0.4 is 10.1 Å². The van der Waals surface area contributed by atoms with Crippen molar-refractivity contribution in [3.05, 3.63) is 29.8 Å². The van der Waals surface area contributed by atoms with Gasteiger partial charge in [0.15, 0.2) is 0 Å². The lowest BCUT2D eigenvalue weighted by atomic mass is 10.2. The van der Waals surface area contributed by atoms with Crippen molar-refractivity contribution in [2.45, 2.75) is 32.9 Å². The largest absolute Gasteiger partial charge is 0.494 e. The maximum absolute atomic E-state index is 12.0. The van der Waals surface area contributed by atoms with E-state index >= 15 is 0 Å². The number of amides is 1. The minimum Gasteiger partial charge on any atom is -0.494 e. The smallest absolute Gasteiger partial charge is 0.234 e. The van der Waals surface area contributed by atoms with E-state index in [2.05, 4.69) is 17.1 Å². The molecule has 1 aromatic carbocycles. The molecule has 2 rings (SSSR count). The zero-order chi connectivity index (χ0) is 15.8. The van der Waals surface area contributed by atoms with Crippen LogP contribution in [0.15, 0.2) is 24.3 Å². The van der Waals surface area contributed by atoms with Crippen LogP contribution in [0, 0.1) is 0 Å². The van der Waals surface area contributed by atoms with Gasteiger partial charge in [-0.3, -0.25) is 9.69 Å². The Morgan fingerprint density at radius 1 is 1.50 bits per heavy atom. The molecule has 5 heteroatoms. The van der Waals surface area contributed by atoms with E-state index in [1.807, 2.05) is 31.2 Å². The molecule has 22 heavy (non-hydrogen) atoms. The van der Waals surface area contributed by atoms with Crippen molar-refractivity contribution in [3.63, 3.8) is 0 Å². The Labute approximate surface area is 132 Å². The third-order valence-corrected chi connectivity index (χ3v) is 3.55. The lowest BCUT2D eigenvalue weighted by Crippen LogP contribution is -2.45. The minimum absolute atomic E-state index is 0.0500. The van der Waals surface area contributed by atoms with Crippen molar-refractivity contribution in [1.82, 2.24) is 10.2 Å². The summed E-state index contributed by atoms with van der Waals surface area (Å²) >= 11 is 0. The van der Waals surface area contributed by atoms with Crippen molar-refractivity contribution in [3.8, 4) is 5.75 Å². The number of nitrogens with zero attached hydrogens (tertiary/aromatic N) is 1. The number of rotatable bonds is 7. The van der Waals surface area contributed by atoms with E-state index in [-0.39, 0.29) is 12.0 Å². The molecule has 1 saturated heterocycles. The first-order valence-electron chi connectivity index (χ1n) is 7.99. The summed E-state index contributed by atoms with van der Waals surface area (Å²) < 4.78 is 11.1. The number of hydrogen-bond donors (Lipinski definition) is 1. The summed E-state index contributed by atoms with van der Waals surface area (Å²) in [4.78, 5) is 14.2. The fourth-order valence-corrected chi connectivity index (χ4v) is 2.46. The zero-order valence-corrected chi connectivity index (χ0v) is 13.5. The first-order chi connectivity index (χ1) is 10.7. The second kappa shape index (κ2) is 8.76. The van der Waals surface area contributed by atoms with Gasteiger partial charge in [0, 0.05) is 19.6 Å². The Kier molecular flexibility index (Phi) is 6.68. The van der Waals surface area contributed by atoms with Crippen molar-refractivity contribution < 1.29 is 14.3 Å². The van der Waals surface area contributed by atoms with E-state index in [0.29, 0.717) is 26.3 Å². The van der Waals surface area contributed by atoms with Crippen molar-refractivity contribution in [2.75, 3.05) is 32.8 Å². The highest BCUT2D eigenvalue weighted by Crippen LogP contribution is 2.13. The van der Waals surface area contributed by atoms with Crippen molar-refractivity contribution >= 4 is 5.91 Å². The van der Waals surface area contributed by atoms with E-state index in [0.717, 1.165) is 30.8 Å². The second-order valence-electron chi connectivity index (χ2n) is 5.69. The lowest BCUT2D eigenvalue weighted by Gasteiger charge is -2.30. The molecule has 1 aromatic rings. The summed E-state index contributed by atoms with van der Waals surface area (Å²) in [6, 6.07) is 7.87. The van der Waals surface area contributed by atoms with Crippen LogP contribution in [0.4, 0.5) is 0 Å². The van der Waals surface area contributed by atoms with E-state index in [1.165, 1.54) is 0 Å². The fourth-order valence-electron chi connectivity index (χ4n) is 2.46. The van der Waals surface area contributed by atoms with Crippen LogP contribution >= 0.6 is 0 Å². The molecule has 1 heterocycles. The highest BCUT2D eigenvalue weighted by atomic mass is 16.5. The number of hydrogen-bond acceptors (Lipinski definition) is 4. The highest BCUT2D eigenvalue weighted by molar-refractivity contribution is 5.78. The zero-order valence-electron chi connectivity index (χ0n) is 13.5. The number of nitrogens with one attached hydrogen (secondary N) is 1. The Balaban J connectivity index is 1.75. The molecule has 1 fully saturated rings. The molecule has 0 spiro atoms. The van der Waals surface area contributed by atoms with Gasteiger partial charge in [-0.1, -0.05) is 19.1 Å². The Bertz CT molecular complexity index is 479. The molecular formula is C17H26N2O3. The van der Waals surface area contributed by atoms with Gasteiger partial charge in [-0.05, 0) is 31.0 Å². The number of benzene rings is 1. The van der Waals surface area contributed by atoms with Gasteiger partial charge >= 0.3 is 0 Å². The molecule has 5 nitrogen and oxygen atoms in total. The van der Waals surface area contributed by atoms with Crippen LogP contribution in [-0.4, -0.2) is 49.8 Å². The molecule has 1 atom stereocenters. The summed E-state index contributed by atoms with van der Waals surface area (Å²) in [7, 11) is 0. The fraction of sp³-hybridized carbons (Fsp3) is 0.588. The van der Waals surface area contributed by atoms with Gasteiger partial charge in [0.2, 0.25) is 5.91 Å². The third kappa shape index (κ3) is 5.66. The van der Waals surface area contributed by atoms with E-state index in [4.69, 9.17) is 9.47 Å². The Morgan fingerprint density at radius 3 is 3.14 bits per heavy atom. The van der Waals surface area contributed by atoms with Crippen LogP contribution in [-0.2, 0) is 16.1 Å². The maximum atomic E-state index is 12.0. The number of ether oxygens (including phenoxy) is 2. The predicted molar refractivity (Wildman–Crippen MR) is 85.9 cm³/mol. The molecule has 0 aliphatic carbocycles. The third-order valence-electron chi connectivity index (χ3n) is 3.55. The van der Waals surface area contributed by atoms with Crippen LogP contribution in [0.25, 0.3) is 0 Å². The van der Waals surface area contributed by atoms with Gasteiger partial charge in [0.1, 0.15) is 5.75 Å². The standard InChI is InChI=1S/C17H26N2O3/c1-3-8-22-16-6-4-5-15(10-16)11-18-17(20)13-19-7-9-21-14(2)12-19/h4-6,10,14H,3,7-9,11-13H2,1-2H3,(H,18,20). The number of carbonyl (C=O) groups excluding carboxylic acids is 1. The molecule has 1 unspecified atom stereocenters. The average molecular weight is 306 g/mol. The van der Waals surface area contributed by atoms with Gasteiger partial charge in [-0.15, -0.1) is 0 Å². The summed E-state index contributed by atoms with van der Waals surface area (Å²) in [5, 5.41) is 2.97. The highest BCUT2D eigenvalue weighted by Gasteiger charge is 2.18. The molecule has 1 N–H and O–H groups in total. The molecule has 122 valence electrons. The van der Waals surface area contributed by atoms with Crippen molar-refractivity contribution in [2.24, 2.45) is 0 Å². The van der Waals surface area contributed by atoms with Gasteiger partial charge in [0.25, 0.3) is 0 Å². The monoisotopic (exact) mass is 306 g/mol. The molecule has 0 radical (unpaired) electrons. The summed E-state index contributed by atoms with van der Waals surface area (Å²) in [5.74, 6) is 0.907. The second-order valence-corrected chi connectivity index (χ2v) is 5.69. The minimum atomic E-state index is 0.0500. The Morgan fingerprint density at radius 2 is 2.36 bits per heavy atom. The molecule has 0 aromatic heterocycles. The number of morpholine rings is 1. The maximum Gasteiger partial charge on any atom is 0.234 e. The molecule has 1 amide bonds. The SMILES string of the molecule is CCCOc1cccc(CNC(=O)CN2CCOC(C)C2)c1. The van der Waals surface area contributed by atoms with Gasteiger partial charge in [-0.25, -0.2) is 0 Å². The van der Waals surface area contributed by atoms with Gasteiger partial charge < -0.3 is 14.8 Å². The normalized spacial score (nSPS) is 18.9. The van der Waals surface area contributed by atoms with E-state index < -0.39 is 0 Å². The van der Waals surface area contributed by atoms with Crippen molar-refractivity contribution in [1.29, 1.82) is 0 Å². The average Bonchev–Trinajstić information content (AvgIpc) is 2.51. The van der Waals surface area contributed by atoms with Gasteiger partial charge in [0.05, 0.1) is 25.9 Å². The molecular weight excluding hydrogens is 280 g/mol. The lowest BCUT2D eigenvalue weighted by molar-refractivity contribution is -0.124. The first kappa shape index (κ1) is 16.8. The van der Waals surface area contributed by atoms with Crippen LogP contribution in [0.5, 0.6) is 5.75 Å². The van der Waals surface area contributed by atoms with Crippen LogP contribution in [0.1, 0.15) is 25.8 Å². The topological polar surface area (TPSA) is 50.8 Å². The van der Waals surface area contributed by atoms with Crippen LogP contribution in [0.3, 0.4) is 0 Å². The summed E-state index contributed by atoms with van der Waals surface area (Å²) in [6.07, 6.45) is 1.19. The molecule has 0 saturated carbocycles.